The summed E-state index contributed by atoms with van der Waals surface area (Å²) in [6.07, 6.45) is 0.184. The summed E-state index contributed by atoms with van der Waals surface area (Å²) in [6, 6.07) is 18.9. The molecule has 6 heteroatoms. The first-order chi connectivity index (χ1) is 14.5. The zero-order chi connectivity index (χ0) is 21.1. The van der Waals surface area contributed by atoms with E-state index in [1.165, 1.54) is 12.1 Å². The van der Waals surface area contributed by atoms with Crippen LogP contribution in [0, 0.1) is 5.82 Å². The fraction of sp³-hybridized carbons (Fsp3) is 0.208. The van der Waals surface area contributed by atoms with Crippen LogP contribution in [-0.2, 0) is 0 Å². The summed E-state index contributed by atoms with van der Waals surface area (Å²) in [4.78, 5) is 4.88. The molecule has 0 saturated heterocycles. The van der Waals surface area contributed by atoms with Crippen molar-refractivity contribution in [3.05, 3.63) is 94.3 Å². The van der Waals surface area contributed by atoms with Gasteiger partial charge in [0.05, 0.1) is 6.61 Å². The molecule has 0 saturated carbocycles. The van der Waals surface area contributed by atoms with Gasteiger partial charge in [0, 0.05) is 28.8 Å². The average Bonchev–Trinajstić information content (AvgIpc) is 2.76. The van der Waals surface area contributed by atoms with E-state index in [1.54, 1.807) is 30.3 Å². The number of phenolic OH excluding ortho intramolecular Hbond substituents is 1. The van der Waals surface area contributed by atoms with Crippen LogP contribution in [0.2, 0.25) is 5.02 Å². The Hall–Kier alpha value is -2.89. The van der Waals surface area contributed by atoms with Gasteiger partial charge in [-0.2, -0.15) is 0 Å². The molecule has 3 aromatic rings. The lowest BCUT2D eigenvalue weighted by Crippen LogP contribution is -2.33. The molecule has 0 aliphatic carbocycles. The molecule has 0 bridgehead atoms. The second-order valence-electron chi connectivity index (χ2n) is 7.11. The summed E-state index contributed by atoms with van der Waals surface area (Å²) in [5, 5.41) is 14.4. The van der Waals surface area contributed by atoms with E-state index in [4.69, 9.17) is 21.3 Å². The molecule has 0 amide bonds. The predicted octanol–water partition coefficient (Wildman–Crippen LogP) is 5.81. The number of rotatable bonds is 5. The maximum Gasteiger partial charge on any atom is 0.126 e. The second-order valence-corrected chi connectivity index (χ2v) is 7.55. The van der Waals surface area contributed by atoms with Crippen LogP contribution in [0.25, 0.3) is 0 Å². The van der Waals surface area contributed by atoms with E-state index in [9.17, 15) is 9.50 Å². The van der Waals surface area contributed by atoms with Crippen molar-refractivity contribution >= 4 is 17.3 Å². The van der Waals surface area contributed by atoms with E-state index < -0.39 is 0 Å². The molecule has 154 valence electrons. The van der Waals surface area contributed by atoms with Crippen LogP contribution in [0.1, 0.15) is 42.2 Å². The molecular weight excluding hydrogens is 403 g/mol. The fourth-order valence-corrected chi connectivity index (χ4v) is 3.79. The van der Waals surface area contributed by atoms with E-state index in [2.05, 4.69) is 5.32 Å². The number of hydrogen-bond donors (Lipinski definition) is 2. The molecule has 2 atom stereocenters. The Balaban J connectivity index is 1.72. The van der Waals surface area contributed by atoms with Gasteiger partial charge in [-0.05, 0) is 72.6 Å². The lowest BCUT2D eigenvalue weighted by atomic mass is 9.93. The maximum atomic E-state index is 13.4. The Labute approximate surface area is 180 Å². The quantitative estimate of drug-likeness (QED) is 0.543. The van der Waals surface area contributed by atoms with Gasteiger partial charge in [0.2, 0.25) is 0 Å². The van der Waals surface area contributed by atoms with Crippen LogP contribution in [0.4, 0.5) is 4.39 Å². The van der Waals surface area contributed by atoms with E-state index in [0.717, 1.165) is 22.6 Å². The Morgan fingerprint density at radius 2 is 1.83 bits per heavy atom. The van der Waals surface area contributed by atoms with Crippen molar-refractivity contribution < 1.29 is 14.2 Å². The molecule has 0 aromatic heterocycles. The van der Waals surface area contributed by atoms with Crippen LogP contribution < -0.4 is 10.1 Å². The molecule has 3 aromatic carbocycles. The van der Waals surface area contributed by atoms with Gasteiger partial charge >= 0.3 is 0 Å². The summed E-state index contributed by atoms with van der Waals surface area (Å²) in [5.41, 5.74) is 3.40. The molecule has 2 N–H and O–H groups in total. The van der Waals surface area contributed by atoms with Gasteiger partial charge in [0.1, 0.15) is 23.5 Å². The topological polar surface area (TPSA) is 53.8 Å². The third-order valence-corrected chi connectivity index (χ3v) is 5.33. The fourth-order valence-electron chi connectivity index (χ4n) is 3.61. The molecule has 0 radical (unpaired) electrons. The van der Waals surface area contributed by atoms with Crippen LogP contribution in [0.5, 0.6) is 11.5 Å². The lowest BCUT2D eigenvalue weighted by molar-refractivity contribution is 0.340. The number of halogens is 2. The number of aromatic hydroxyl groups is 1. The summed E-state index contributed by atoms with van der Waals surface area (Å²) in [6.45, 7) is 2.55. The number of nitrogens with zero attached hydrogens (tertiary/aromatic N) is 1. The number of aliphatic imine (C=N–C) groups is 1. The summed E-state index contributed by atoms with van der Waals surface area (Å²) >= 11 is 6.18. The first-order valence-corrected chi connectivity index (χ1v) is 10.2. The average molecular weight is 425 g/mol. The zero-order valence-electron chi connectivity index (χ0n) is 16.5. The third-order valence-electron chi connectivity index (χ3n) is 5.09. The van der Waals surface area contributed by atoms with Crippen molar-refractivity contribution in [3.63, 3.8) is 0 Å². The highest BCUT2D eigenvalue weighted by atomic mass is 35.5. The number of nitrogens with one attached hydrogen (secondary N) is 1. The smallest absolute Gasteiger partial charge is 0.126 e. The van der Waals surface area contributed by atoms with Gasteiger partial charge in [-0.1, -0.05) is 23.7 Å². The summed E-state index contributed by atoms with van der Waals surface area (Å²) in [7, 11) is 0. The minimum absolute atomic E-state index is 0.169. The molecule has 30 heavy (non-hydrogen) atoms. The first-order valence-electron chi connectivity index (χ1n) is 9.83. The molecule has 0 spiro atoms. The second kappa shape index (κ2) is 8.86. The molecule has 4 nitrogen and oxygen atoms in total. The monoisotopic (exact) mass is 424 g/mol. The number of phenols is 1. The highest BCUT2D eigenvalue weighted by Gasteiger charge is 2.28. The highest BCUT2D eigenvalue weighted by molar-refractivity contribution is 6.30. The van der Waals surface area contributed by atoms with Crippen LogP contribution >= 0.6 is 11.6 Å². The maximum absolute atomic E-state index is 13.4. The van der Waals surface area contributed by atoms with E-state index in [-0.39, 0.29) is 23.8 Å². The molecule has 1 heterocycles. The Morgan fingerprint density at radius 3 is 2.53 bits per heavy atom. The molecule has 4 rings (SSSR count). The minimum atomic E-state index is -0.385. The van der Waals surface area contributed by atoms with Crippen molar-refractivity contribution in [1.82, 2.24) is 5.32 Å². The number of ether oxygens (including phenoxy) is 1. The summed E-state index contributed by atoms with van der Waals surface area (Å²) in [5.74, 6) is 0.673. The lowest BCUT2D eigenvalue weighted by Gasteiger charge is -2.31. The first kappa shape index (κ1) is 20.4. The van der Waals surface area contributed by atoms with Crippen LogP contribution in [0.15, 0.2) is 71.7 Å². The van der Waals surface area contributed by atoms with Gasteiger partial charge in [0.15, 0.2) is 0 Å². The molecule has 1 aliphatic rings. The Kier molecular flexibility index (Phi) is 6.02. The molecule has 2 unspecified atom stereocenters. The number of hydrogen-bond acceptors (Lipinski definition) is 4. The zero-order valence-corrected chi connectivity index (χ0v) is 17.2. The van der Waals surface area contributed by atoms with Gasteiger partial charge in [-0.25, -0.2) is 4.39 Å². The van der Waals surface area contributed by atoms with Crippen molar-refractivity contribution in [3.8, 4) is 11.5 Å². The largest absolute Gasteiger partial charge is 0.508 e. The van der Waals surface area contributed by atoms with E-state index in [1.807, 2.05) is 31.2 Å². The van der Waals surface area contributed by atoms with Gasteiger partial charge < -0.3 is 9.84 Å². The summed E-state index contributed by atoms with van der Waals surface area (Å²) < 4.78 is 19.0. The Morgan fingerprint density at radius 1 is 1.10 bits per heavy atom. The molecule has 0 fully saturated rings. The van der Waals surface area contributed by atoms with Gasteiger partial charge in [-0.3, -0.25) is 10.3 Å². The van der Waals surface area contributed by atoms with E-state index >= 15 is 0 Å². The predicted molar refractivity (Wildman–Crippen MR) is 117 cm³/mol. The third kappa shape index (κ3) is 4.48. The van der Waals surface area contributed by atoms with Crippen LogP contribution in [0.3, 0.4) is 0 Å². The standard InChI is InChI=1S/C24H22ClFN2O2/c1-2-30-19-10-5-15(6-11-19)21-14-22(20-13-17(25)7-12-23(20)29)28-24(27-21)16-3-8-18(26)9-4-16/h3-13,22,24,28-29H,2,14H2,1H3. The van der Waals surface area contributed by atoms with Crippen molar-refractivity contribution in [2.75, 3.05) is 6.61 Å². The minimum Gasteiger partial charge on any atom is -0.508 e. The van der Waals surface area contributed by atoms with E-state index in [0.29, 0.717) is 23.6 Å². The van der Waals surface area contributed by atoms with Gasteiger partial charge in [0.25, 0.3) is 0 Å². The van der Waals surface area contributed by atoms with Gasteiger partial charge in [-0.15, -0.1) is 0 Å². The van der Waals surface area contributed by atoms with Crippen molar-refractivity contribution in [2.24, 2.45) is 4.99 Å². The molecule has 1 aliphatic heterocycles. The van der Waals surface area contributed by atoms with Crippen LogP contribution in [-0.4, -0.2) is 17.4 Å². The Bertz CT molecular complexity index is 1050. The molecular formula is C24H22ClFN2O2. The normalized spacial score (nSPS) is 18.7. The SMILES string of the molecule is CCOc1ccc(C2=NC(c3ccc(F)cc3)NC(c3cc(Cl)ccc3O)C2)cc1. The number of benzene rings is 3. The van der Waals surface area contributed by atoms with Crippen molar-refractivity contribution in [2.45, 2.75) is 25.6 Å². The highest BCUT2D eigenvalue weighted by Crippen LogP contribution is 2.36. The van der Waals surface area contributed by atoms with Crippen molar-refractivity contribution in [1.29, 1.82) is 0 Å².